The van der Waals surface area contributed by atoms with Crippen LogP contribution in [0.2, 0.25) is 5.02 Å². The first-order chi connectivity index (χ1) is 11.2. The Balaban J connectivity index is 2.13. The zero-order valence-corrected chi connectivity index (χ0v) is 15.3. The molecule has 0 aromatic heterocycles. The SMILES string of the molecule is CSCC[C@H]1N=C(c2ccccc2)c2cc(Cl)ccc2CC1=S. The van der Waals surface area contributed by atoms with Crippen molar-refractivity contribution in [3.05, 3.63) is 70.2 Å². The monoisotopic (exact) mass is 359 g/mol. The molecule has 118 valence electrons. The van der Waals surface area contributed by atoms with E-state index in [-0.39, 0.29) is 6.04 Å². The number of hydrogen-bond acceptors (Lipinski definition) is 3. The number of nitrogens with zero attached hydrogens (tertiary/aromatic N) is 1. The van der Waals surface area contributed by atoms with Crippen LogP contribution in [-0.2, 0) is 6.42 Å². The summed E-state index contributed by atoms with van der Waals surface area (Å²) in [6.45, 7) is 0. The number of benzene rings is 2. The number of halogens is 1. The second kappa shape index (κ2) is 7.61. The van der Waals surface area contributed by atoms with Gasteiger partial charge in [-0.05, 0) is 36.1 Å². The van der Waals surface area contributed by atoms with E-state index in [2.05, 4.69) is 24.5 Å². The van der Waals surface area contributed by atoms with Gasteiger partial charge in [-0.25, -0.2) is 0 Å². The summed E-state index contributed by atoms with van der Waals surface area (Å²) in [5.74, 6) is 1.06. The molecule has 0 N–H and O–H groups in total. The molecule has 23 heavy (non-hydrogen) atoms. The van der Waals surface area contributed by atoms with Crippen LogP contribution in [0.3, 0.4) is 0 Å². The molecule has 0 saturated carbocycles. The van der Waals surface area contributed by atoms with E-state index in [4.69, 9.17) is 28.8 Å². The highest BCUT2D eigenvalue weighted by Crippen LogP contribution is 2.26. The van der Waals surface area contributed by atoms with Gasteiger partial charge < -0.3 is 0 Å². The zero-order valence-electron chi connectivity index (χ0n) is 13.0. The minimum Gasteiger partial charge on any atom is -0.275 e. The molecule has 3 rings (SSSR count). The molecule has 0 bridgehead atoms. The van der Waals surface area contributed by atoms with Crippen LogP contribution in [0.5, 0.6) is 0 Å². The third-order valence-corrected chi connectivity index (χ3v) is 5.29. The lowest BCUT2D eigenvalue weighted by Crippen LogP contribution is -2.19. The molecule has 2 aromatic carbocycles. The number of fused-ring (bicyclic) bond motifs is 1. The Kier molecular flexibility index (Phi) is 5.52. The first-order valence-electron chi connectivity index (χ1n) is 7.62. The molecule has 0 amide bonds. The van der Waals surface area contributed by atoms with E-state index in [1.165, 1.54) is 5.56 Å². The van der Waals surface area contributed by atoms with Gasteiger partial charge in [0.25, 0.3) is 0 Å². The van der Waals surface area contributed by atoms with Crippen molar-refractivity contribution in [2.75, 3.05) is 12.0 Å². The summed E-state index contributed by atoms with van der Waals surface area (Å²) < 4.78 is 0. The minimum atomic E-state index is 0.0961. The third kappa shape index (κ3) is 3.85. The molecule has 1 atom stereocenters. The Morgan fingerprint density at radius 1 is 1.22 bits per heavy atom. The summed E-state index contributed by atoms with van der Waals surface area (Å²) in [7, 11) is 0. The quantitative estimate of drug-likeness (QED) is 0.693. The largest absolute Gasteiger partial charge is 0.275 e. The van der Waals surface area contributed by atoms with Gasteiger partial charge in [0.2, 0.25) is 0 Å². The molecule has 1 aliphatic rings. The maximum Gasteiger partial charge on any atom is 0.0830 e. The van der Waals surface area contributed by atoms with Crippen molar-refractivity contribution in [1.29, 1.82) is 0 Å². The molecule has 0 radical (unpaired) electrons. The van der Waals surface area contributed by atoms with Crippen molar-refractivity contribution in [3.63, 3.8) is 0 Å². The molecule has 0 aliphatic carbocycles. The first-order valence-corrected chi connectivity index (χ1v) is 9.80. The van der Waals surface area contributed by atoms with Crippen LogP contribution in [0.25, 0.3) is 0 Å². The second-order valence-corrected chi connectivity index (χ2v) is 7.53. The van der Waals surface area contributed by atoms with Gasteiger partial charge in [0, 0.05) is 27.4 Å². The molecule has 0 fully saturated rings. The van der Waals surface area contributed by atoms with E-state index >= 15 is 0 Å². The Bertz CT molecular complexity index is 740. The topological polar surface area (TPSA) is 12.4 Å². The van der Waals surface area contributed by atoms with Crippen molar-refractivity contribution in [3.8, 4) is 0 Å². The Hall–Kier alpha value is -1.16. The van der Waals surface area contributed by atoms with Crippen LogP contribution < -0.4 is 0 Å². The summed E-state index contributed by atoms with van der Waals surface area (Å²) in [6, 6.07) is 16.4. The number of thioether (sulfide) groups is 1. The minimum absolute atomic E-state index is 0.0961. The normalized spacial score (nSPS) is 17.4. The molecule has 2 aromatic rings. The fourth-order valence-electron chi connectivity index (χ4n) is 2.81. The fourth-order valence-corrected chi connectivity index (χ4v) is 3.76. The van der Waals surface area contributed by atoms with Crippen molar-refractivity contribution < 1.29 is 0 Å². The van der Waals surface area contributed by atoms with Crippen molar-refractivity contribution >= 4 is 46.2 Å². The molecule has 1 heterocycles. The lowest BCUT2D eigenvalue weighted by molar-refractivity contribution is 0.834. The van der Waals surface area contributed by atoms with E-state index in [9.17, 15) is 0 Å². The number of thiocarbonyl (C=S) groups is 1. The van der Waals surface area contributed by atoms with Gasteiger partial charge in [-0.1, -0.05) is 60.2 Å². The van der Waals surface area contributed by atoms with Crippen molar-refractivity contribution in [2.24, 2.45) is 4.99 Å². The van der Waals surface area contributed by atoms with Crippen molar-refractivity contribution in [1.82, 2.24) is 0 Å². The lowest BCUT2D eigenvalue weighted by Gasteiger charge is -2.12. The van der Waals surface area contributed by atoms with Crippen LogP contribution in [0.4, 0.5) is 0 Å². The Morgan fingerprint density at radius 2 is 2.00 bits per heavy atom. The van der Waals surface area contributed by atoms with Crippen LogP contribution in [0, 0.1) is 0 Å². The smallest absolute Gasteiger partial charge is 0.0830 e. The third-order valence-electron chi connectivity index (χ3n) is 3.99. The van der Waals surface area contributed by atoms with Crippen molar-refractivity contribution in [2.45, 2.75) is 18.9 Å². The summed E-state index contributed by atoms with van der Waals surface area (Å²) in [4.78, 5) is 6.07. The maximum absolute atomic E-state index is 6.25. The summed E-state index contributed by atoms with van der Waals surface area (Å²) in [6.07, 6.45) is 3.90. The molecule has 0 spiro atoms. The standard InChI is InChI=1S/C19H18ClNS2/c1-23-10-9-17-18(22)11-14-7-8-15(20)12-16(14)19(21-17)13-5-3-2-4-6-13/h2-8,12,17H,9-11H2,1H3/t17-/m1/s1. The number of hydrogen-bond donors (Lipinski definition) is 0. The van der Waals surface area contributed by atoms with Gasteiger partial charge in [0.15, 0.2) is 0 Å². The van der Waals surface area contributed by atoms with E-state index in [1.54, 1.807) is 0 Å². The maximum atomic E-state index is 6.25. The van der Waals surface area contributed by atoms with E-state index in [0.29, 0.717) is 0 Å². The highest BCUT2D eigenvalue weighted by atomic mass is 35.5. The molecule has 4 heteroatoms. The van der Waals surface area contributed by atoms with Crippen LogP contribution in [0.1, 0.15) is 23.1 Å². The summed E-state index contributed by atoms with van der Waals surface area (Å²) in [5, 5.41) is 0.737. The van der Waals surface area contributed by atoms with Gasteiger partial charge >= 0.3 is 0 Å². The first kappa shape index (κ1) is 16.7. The summed E-state index contributed by atoms with van der Waals surface area (Å²) >= 11 is 13.8. The van der Waals surface area contributed by atoms with Gasteiger partial charge in [0.05, 0.1) is 11.8 Å². The molecule has 0 unspecified atom stereocenters. The second-order valence-electron chi connectivity index (χ2n) is 5.59. The Labute approximate surface area is 152 Å². The molecular weight excluding hydrogens is 342 g/mol. The van der Waals surface area contributed by atoms with Gasteiger partial charge in [0.1, 0.15) is 0 Å². The molecular formula is C19H18ClNS2. The lowest BCUT2D eigenvalue weighted by atomic mass is 9.96. The van der Waals surface area contributed by atoms with Crippen LogP contribution in [-0.4, -0.2) is 28.6 Å². The molecule has 1 nitrogen and oxygen atoms in total. The van der Waals surface area contributed by atoms with E-state index < -0.39 is 0 Å². The highest BCUT2D eigenvalue weighted by molar-refractivity contribution is 7.98. The predicted molar refractivity (Wildman–Crippen MR) is 107 cm³/mol. The number of rotatable bonds is 4. The number of aliphatic imine (C=N–C) groups is 1. The van der Waals surface area contributed by atoms with Gasteiger partial charge in [-0.3, -0.25) is 4.99 Å². The average Bonchev–Trinajstić information content (AvgIpc) is 2.70. The molecule has 1 aliphatic heterocycles. The fraction of sp³-hybridized carbons (Fsp3) is 0.263. The van der Waals surface area contributed by atoms with Gasteiger partial charge in [-0.2, -0.15) is 11.8 Å². The van der Waals surface area contributed by atoms with Gasteiger partial charge in [-0.15, -0.1) is 0 Å². The predicted octanol–water partition coefficient (Wildman–Crippen LogP) is 5.23. The van der Waals surface area contributed by atoms with E-state index in [0.717, 1.165) is 45.3 Å². The highest BCUT2D eigenvalue weighted by Gasteiger charge is 2.23. The summed E-state index contributed by atoms with van der Waals surface area (Å²) in [5.41, 5.74) is 4.45. The van der Waals surface area contributed by atoms with Crippen LogP contribution >= 0.6 is 35.6 Å². The van der Waals surface area contributed by atoms with Crippen LogP contribution in [0.15, 0.2) is 53.5 Å². The molecule has 0 saturated heterocycles. The van der Waals surface area contributed by atoms with E-state index in [1.807, 2.05) is 42.1 Å². The zero-order chi connectivity index (χ0) is 16.2. The Morgan fingerprint density at radius 3 is 2.74 bits per heavy atom. The average molecular weight is 360 g/mol.